The van der Waals surface area contributed by atoms with Crippen LogP contribution in [0.25, 0.3) is 0 Å². The van der Waals surface area contributed by atoms with Crippen molar-refractivity contribution in [2.75, 3.05) is 0 Å². The van der Waals surface area contributed by atoms with Gasteiger partial charge in [0.15, 0.2) is 0 Å². The van der Waals surface area contributed by atoms with E-state index in [2.05, 4.69) is 4.98 Å². The fraction of sp³-hybridized carbons (Fsp3) is 0.167. The smallest absolute Gasteiger partial charge is 0.212 e. The molecule has 1 aromatic rings. The first-order valence-electron chi connectivity index (χ1n) is 3.07. The van der Waals surface area contributed by atoms with Gasteiger partial charge in [0, 0.05) is 12.4 Å². The van der Waals surface area contributed by atoms with Crippen LogP contribution < -0.4 is 0 Å². The molecule has 0 aliphatic carbocycles. The first kappa shape index (κ1) is 11.0. The molecule has 0 atom stereocenters. The minimum atomic E-state index is -3.72. The molecule has 0 saturated carbocycles. The number of hydrogen-bond acceptors (Lipinski definition) is 3. The summed E-state index contributed by atoms with van der Waals surface area (Å²) in [6.07, 6.45) is 2.46. The molecule has 0 aliphatic rings. The van der Waals surface area contributed by atoms with Crippen molar-refractivity contribution in [2.24, 2.45) is 0 Å². The van der Waals surface area contributed by atoms with Crippen molar-refractivity contribution in [2.45, 2.75) is 9.06 Å². The monoisotopic (exact) mass is 259 g/mol. The first-order valence-corrected chi connectivity index (χ1v) is 5.87. The summed E-state index contributed by atoms with van der Waals surface area (Å²) in [4.78, 5) is 3.52. The van der Waals surface area contributed by atoms with Crippen LogP contribution in [0.15, 0.2) is 23.4 Å². The fourth-order valence-electron chi connectivity index (χ4n) is 0.651. The molecule has 1 heterocycles. The van der Waals surface area contributed by atoms with Crippen LogP contribution in [0.4, 0.5) is 0 Å². The van der Waals surface area contributed by atoms with Crippen molar-refractivity contribution in [1.82, 2.24) is 4.98 Å². The molecule has 1 aromatic heterocycles. The molecule has 0 fully saturated rings. The number of nitrogens with zero attached hydrogens (tertiary/aromatic N) is 1. The summed E-state index contributed by atoms with van der Waals surface area (Å²) in [5.41, 5.74) is 0. The molecule has 0 bridgehead atoms. The third kappa shape index (κ3) is 2.47. The molecule has 1 rings (SSSR count). The van der Waals surface area contributed by atoms with E-state index in [0.717, 1.165) is 6.20 Å². The second-order valence-corrected chi connectivity index (χ2v) is 6.23. The maximum absolute atomic E-state index is 11.3. The van der Waals surface area contributed by atoms with Gasteiger partial charge in [-0.15, -0.1) is 0 Å². The van der Waals surface area contributed by atoms with Gasteiger partial charge in [0.05, 0.1) is 9.92 Å². The first-order chi connectivity index (χ1) is 5.94. The topological polar surface area (TPSA) is 47.0 Å². The Bertz CT molecular complexity index is 404. The van der Waals surface area contributed by atoms with Crippen molar-refractivity contribution in [3.05, 3.63) is 23.5 Å². The lowest BCUT2D eigenvalue weighted by molar-refractivity contribution is 0.598. The lowest BCUT2D eigenvalue weighted by Crippen LogP contribution is -2.09. The van der Waals surface area contributed by atoms with Gasteiger partial charge in [-0.25, -0.2) is 8.42 Å². The summed E-state index contributed by atoms with van der Waals surface area (Å²) in [5.74, 6) is 0. The molecule has 13 heavy (non-hydrogen) atoms. The highest BCUT2D eigenvalue weighted by Gasteiger charge is 2.23. The third-order valence-corrected chi connectivity index (χ3v) is 4.21. The standard InChI is InChI=1S/C6H4Cl3NO2S/c7-4-1-5(3-10-2-4)13(11,12)6(8)9/h1-3,6H. The average molecular weight is 261 g/mol. The summed E-state index contributed by atoms with van der Waals surface area (Å²) in [6, 6.07) is 1.24. The summed E-state index contributed by atoms with van der Waals surface area (Å²) >= 11 is 16.1. The molecular formula is C6H4Cl3NO2S. The normalized spacial score (nSPS) is 12.0. The Labute approximate surface area is 90.6 Å². The highest BCUT2D eigenvalue weighted by Crippen LogP contribution is 2.22. The molecule has 0 spiro atoms. The summed E-state index contributed by atoms with van der Waals surface area (Å²) in [7, 11) is -3.72. The van der Waals surface area contributed by atoms with Crippen LogP contribution in [-0.4, -0.2) is 17.6 Å². The zero-order valence-corrected chi connectivity index (χ0v) is 9.20. The molecule has 0 aromatic carbocycles. The summed E-state index contributed by atoms with van der Waals surface area (Å²) < 4.78 is 21.1. The lowest BCUT2D eigenvalue weighted by atomic mass is 10.5. The number of halogens is 3. The SMILES string of the molecule is O=S(=O)(c1cncc(Cl)c1)C(Cl)Cl. The van der Waals surface area contributed by atoms with Gasteiger partial charge in [-0.05, 0) is 6.07 Å². The van der Waals surface area contributed by atoms with E-state index in [9.17, 15) is 8.42 Å². The van der Waals surface area contributed by atoms with Gasteiger partial charge < -0.3 is 0 Å². The second-order valence-electron chi connectivity index (χ2n) is 2.14. The van der Waals surface area contributed by atoms with Gasteiger partial charge in [0.2, 0.25) is 14.0 Å². The number of sulfone groups is 1. The van der Waals surface area contributed by atoms with E-state index in [1.165, 1.54) is 12.3 Å². The van der Waals surface area contributed by atoms with E-state index in [1.807, 2.05) is 0 Å². The van der Waals surface area contributed by atoms with E-state index in [-0.39, 0.29) is 9.92 Å². The van der Waals surface area contributed by atoms with Crippen LogP contribution in [0.5, 0.6) is 0 Å². The number of hydrogen-bond donors (Lipinski definition) is 0. The third-order valence-electron chi connectivity index (χ3n) is 1.24. The van der Waals surface area contributed by atoms with Crippen molar-refractivity contribution in [3.8, 4) is 0 Å². The number of rotatable bonds is 2. The average Bonchev–Trinajstić information content (AvgIpc) is 2.04. The number of alkyl halides is 2. The summed E-state index contributed by atoms with van der Waals surface area (Å²) in [5, 5.41) is 0.218. The highest BCUT2D eigenvalue weighted by molar-refractivity contribution is 7.94. The molecule has 0 saturated heterocycles. The molecule has 0 amide bonds. The number of pyridine rings is 1. The highest BCUT2D eigenvalue weighted by atomic mass is 35.5. The zero-order chi connectivity index (χ0) is 10.1. The van der Waals surface area contributed by atoms with Gasteiger partial charge in [-0.2, -0.15) is 0 Å². The summed E-state index contributed by atoms with van der Waals surface area (Å²) in [6.45, 7) is 0. The number of aromatic nitrogens is 1. The molecule has 3 nitrogen and oxygen atoms in total. The van der Waals surface area contributed by atoms with Crippen molar-refractivity contribution in [1.29, 1.82) is 0 Å². The van der Waals surface area contributed by atoms with Crippen LogP contribution >= 0.6 is 34.8 Å². The van der Waals surface area contributed by atoms with Crippen molar-refractivity contribution in [3.63, 3.8) is 0 Å². The lowest BCUT2D eigenvalue weighted by Gasteiger charge is -2.03. The minimum absolute atomic E-state index is 0.0880. The molecule has 7 heteroatoms. The fourth-order valence-corrected chi connectivity index (χ4v) is 2.21. The molecule has 0 aliphatic heterocycles. The molecular weight excluding hydrogens is 256 g/mol. The van der Waals surface area contributed by atoms with E-state index < -0.39 is 14.0 Å². The van der Waals surface area contributed by atoms with E-state index in [1.54, 1.807) is 0 Å². The molecule has 72 valence electrons. The van der Waals surface area contributed by atoms with E-state index in [4.69, 9.17) is 34.8 Å². The van der Waals surface area contributed by atoms with Gasteiger partial charge in [0.25, 0.3) is 0 Å². The predicted octanol–water partition coefficient (Wildman–Crippen LogP) is 2.27. The Morgan fingerprint density at radius 1 is 1.31 bits per heavy atom. The Balaban J connectivity index is 3.24. The quantitative estimate of drug-likeness (QED) is 0.766. The Kier molecular flexibility index (Phi) is 3.40. The van der Waals surface area contributed by atoms with Crippen LogP contribution in [0, 0.1) is 0 Å². The van der Waals surface area contributed by atoms with Crippen LogP contribution in [0.3, 0.4) is 0 Å². The van der Waals surface area contributed by atoms with Gasteiger partial charge in [-0.3, -0.25) is 4.98 Å². The zero-order valence-electron chi connectivity index (χ0n) is 6.12. The second kappa shape index (κ2) is 4.00. The van der Waals surface area contributed by atoms with E-state index in [0.29, 0.717) is 0 Å². The van der Waals surface area contributed by atoms with Crippen molar-refractivity contribution < 1.29 is 8.42 Å². The molecule has 0 radical (unpaired) electrons. The van der Waals surface area contributed by atoms with Gasteiger partial charge >= 0.3 is 0 Å². The Morgan fingerprint density at radius 2 is 1.92 bits per heavy atom. The minimum Gasteiger partial charge on any atom is -0.262 e. The largest absolute Gasteiger partial charge is 0.262 e. The Hall–Kier alpha value is -0.0300. The van der Waals surface area contributed by atoms with Crippen LogP contribution in [0.2, 0.25) is 5.02 Å². The van der Waals surface area contributed by atoms with Gasteiger partial charge in [-0.1, -0.05) is 34.8 Å². The van der Waals surface area contributed by atoms with Crippen LogP contribution in [0.1, 0.15) is 0 Å². The van der Waals surface area contributed by atoms with Gasteiger partial charge in [0.1, 0.15) is 0 Å². The Morgan fingerprint density at radius 3 is 2.38 bits per heavy atom. The molecule has 0 N–H and O–H groups in total. The molecule has 0 unspecified atom stereocenters. The maximum atomic E-state index is 11.3. The predicted molar refractivity (Wildman–Crippen MR) is 51.9 cm³/mol. The van der Waals surface area contributed by atoms with E-state index >= 15 is 0 Å². The van der Waals surface area contributed by atoms with Crippen LogP contribution in [-0.2, 0) is 9.84 Å². The van der Waals surface area contributed by atoms with Crippen molar-refractivity contribution >= 4 is 44.6 Å². The maximum Gasteiger partial charge on any atom is 0.212 e.